The molecule has 1 fully saturated rings. The van der Waals surface area contributed by atoms with Gasteiger partial charge in [0.05, 0.1) is 5.92 Å². The van der Waals surface area contributed by atoms with Gasteiger partial charge >= 0.3 is 5.97 Å². The fourth-order valence-corrected chi connectivity index (χ4v) is 2.51. The van der Waals surface area contributed by atoms with Gasteiger partial charge in [-0.15, -0.1) is 6.42 Å². The third-order valence-corrected chi connectivity index (χ3v) is 3.76. The first-order chi connectivity index (χ1) is 9.25. The Labute approximate surface area is 129 Å². The highest BCUT2D eigenvalue weighted by Gasteiger charge is 2.62. The second kappa shape index (κ2) is 6.65. The van der Waals surface area contributed by atoms with Crippen LogP contribution in [0.2, 0.25) is 0 Å². The largest absolute Gasteiger partial charge is 0.441 e. The Balaban J connectivity index is 2.76. The van der Waals surface area contributed by atoms with E-state index >= 15 is 0 Å². The second-order valence-corrected chi connectivity index (χ2v) is 6.27. The summed E-state index contributed by atoms with van der Waals surface area (Å²) in [5.41, 5.74) is -0.323. The van der Waals surface area contributed by atoms with Crippen molar-refractivity contribution in [3.05, 3.63) is 22.5 Å². The molecule has 0 aromatic carbocycles. The van der Waals surface area contributed by atoms with Crippen molar-refractivity contribution in [1.82, 2.24) is 0 Å². The lowest BCUT2D eigenvalue weighted by atomic mass is 10.1. The van der Waals surface area contributed by atoms with Crippen LogP contribution in [0, 0.1) is 29.6 Å². The number of halogens is 3. The van der Waals surface area contributed by atoms with Crippen LogP contribution in [0.15, 0.2) is 22.5 Å². The molecule has 20 heavy (non-hydrogen) atoms. The average molecular weight is 319 g/mol. The predicted molar refractivity (Wildman–Crippen MR) is 78.7 cm³/mol. The molecule has 0 radical (unpaired) electrons. The Morgan fingerprint density at radius 3 is 2.60 bits per heavy atom. The summed E-state index contributed by atoms with van der Waals surface area (Å²) in [6.45, 7) is 5.54. The Hall–Kier alpha value is -0.980. The van der Waals surface area contributed by atoms with Gasteiger partial charge in [0.2, 0.25) is 6.10 Å². The molecule has 0 saturated heterocycles. The standard InChI is InChI=1S/C15H17Cl2FO2/c1-5-7-10(18)11(6-2)20-14(19)13-9(8-12(16)17)15(13,3)4/h2,7-9,11,13H,5H2,1,3-4H3/b10-7-/t9-,11?,13+/m1/s1. The number of rotatable bonds is 5. The fourth-order valence-electron chi connectivity index (χ4n) is 2.24. The topological polar surface area (TPSA) is 26.3 Å². The maximum atomic E-state index is 13.6. The lowest BCUT2D eigenvalue weighted by Gasteiger charge is -2.11. The van der Waals surface area contributed by atoms with E-state index in [-0.39, 0.29) is 15.8 Å². The molecule has 1 rings (SSSR count). The molecule has 0 spiro atoms. The van der Waals surface area contributed by atoms with Crippen LogP contribution in [0.1, 0.15) is 27.2 Å². The molecule has 5 heteroatoms. The predicted octanol–water partition coefficient (Wildman–Crippen LogP) is 4.39. The molecule has 0 aromatic heterocycles. The highest BCUT2D eigenvalue weighted by molar-refractivity contribution is 6.55. The van der Waals surface area contributed by atoms with Gasteiger partial charge in [0, 0.05) is 0 Å². The summed E-state index contributed by atoms with van der Waals surface area (Å²) in [5, 5.41) is 0. The van der Waals surface area contributed by atoms with Crippen LogP contribution in [-0.4, -0.2) is 12.1 Å². The van der Waals surface area contributed by atoms with E-state index < -0.39 is 23.8 Å². The summed E-state index contributed by atoms with van der Waals surface area (Å²) < 4.78 is 18.8. The SMILES string of the molecule is C#CC(OC(=O)[C@@H]1[C@@H](C=C(Cl)Cl)C1(C)C)/C(F)=C/CC. The summed E-state index contributed by atoms with van der Waals surface area (Å²) in [6.07, 6.45) is 7.29. The van der Waals surface area contributed by atoms with Crippen molar-refractivity contribution in [3.8, 4) is 12.3 Å². The molecule has 0 N–H and O–H groups in total. The summed E-state index contributed by atoms with van der Waals surface area (Å²) in [6, 6.07) is 0. The van der Waals surface area contributed by atoms with Crippen molar-refractivity contribution < 1.29 is 13.9 Å². The van der Waals surface area contributed by atoms with Gasteiger partial charge in [0.25, 0.3) is 0 Å². The molecule has 1 unspecified atom stereocenters. The van der Waals surface area contributed by atoms with Crippen molar-refractivity contribution in [2.24, 2.45) is 17.3 Å². The summed E-state index contributed by atoms with van der Waals surface area (Å²) >= 11 is 11.2. The van der Waals surface area contributed by atoms with Crippen molar-refractivity contribution in [2.45, 2.75) is 33.3 Å². The highest BCUT2D eigenvalue weighted by Crippen LogP contribution is 2.60. The molecule has 1 saturated carbocycles. The zero-order valence-corrected chi connectivity index (χ0v) is 13.1. The minimum atomic E-state index is -1.27. The summed E-state index contributed by atoms with van der Waals surface area (Å²) in [7, 11) is 0. The number of hydrogen-bond acceptors (Lipinski definition) is 2. The first-order valence-corrected chi connectivity index (χ1v) is 7.06. The van der Waals surface area contributed by atoms with E-state index in [1.165, 1.54) is 6.08 Å². The number of carbonyl (C=O) groups excluding carboxylic acids is 1. The van der Waals surface area contributed by atoms with Gasteiger partial charge in [0.15, 0.2) is 0 Å². The monoisotopic (exact) mass is 318 g/mol. The number of ether oxygens (including phenoxy) is 1. The molecule has 2 nitrogen and oxygen atoms in total. The van der Waals surface area contributed by atoms with Crippen LogP contribution in [0.4, 0.5) is 4.39 Å². The van der Waals surface area contributed by atoms with E-state index in [4.69, 9.17) is 34.4 Å². The zero-order chi connectivity index (χ0) is 15.5. The van der Waals surface area contributed by atoms with E-state index in [2.05, 4.69) is 5.92 Å². The molecule has 110 valence electrons. The Morgan fingerprint density at radius 2 is 2.15 bits per heavy atom. The van der Waals surface area contributed by atoms with Crippen LogP contribution in [0.25, 0.3) is 0 Å². The van der Waals surface area contributed by atoms with Crippen molar-refractivity contribution in [2.75, 3.05) is 0 Å². The van der Waals surface area contributed by atoms with Gasteiger partial charge in [-0.05, 0) is 29.9 Å². The van der Waals surface area contributed by atoms with E-state index in [0.29, 0.717) is 6.42 Å². The van der Waals surface area contributed by atoms with Gasteiger partial charge in [-0.1, -0.05) is 49.9 Å². The van der Waals surface area contributed by atoms with Crippen molar-refractivity contribution in [3.63, 3.8) is 0 Å². The maximum absolute atomic E-state index is 13.6. The first kappa shape index (κ1) is 17.1. The number of terminal acetylenes is 1. The van der Waals surface area contributed by atoms with Crippen molar-refractivity contribution in [1.29, 1.82) is 0 Å². The lowest BCUT2D eigenvalue weighted by Crippen LogP contribution is -2.20. The van der Waals surface area contributed by atoms with Gasteiger partial charge in [-0.2, -0.15) is 0 Å². The molecule has 0 aromatic rings. The summed E-state index contributed by atoms with van der Waals surface area (Å²) in [4.78, 5) is 12.1. The van der Waals surface area contributed by atoms with Crippen LogP contribution < -0.4 is 0 Å². The highest BCUT2D eigenvalue weighted by atomic mass is 35.5. The Morgan fingerprint density at radius 1 is 1.55 bits per heavy atom. The maximum Gasteiger partial charge on any atom is 0.311 e. The van der Waals surface area contributed by atoms with E-state index in [9.17, 15) is 9.18 Å². The third kappa shape index (κ3) is 3.77. The van der Waals surface area contributed by atoms with E-state index in [1.807, 2.05) is 13.8 Å². The van der Waals surface area contributed by atoms with Crippen LogP contribution in [0.5, 0.6) is 0 Å². The van der Waals surface area contributed by atoms with Gasteiger partial charge < -0.3 is 4.74 Å². The molecule has 0 heterocycles. The second-order valence-electron chi connectivity index (χ2n) is 5.26. The summed E-state index contributed by atoms with van der Waals surface area (Å²) in [5.74, 6) is 0.430. The quantitative estimate of drug-likeness (QED) is 0.555. The molecule has 1 aliphatic carbocycles. The molecule has 3 atom stereocenters. The lowest BCUT2D eigenvalue weighted by molar-refractivity contribution is -0.148. The number of carbonyl (C=O) groups is 1. The molecular formula is C15H17Cl2FO2. The molecular weight excluding hydrogens is 302 g/mol. The smallest absolute Gasteiger partial charge is 0.311 e. The minimum absolute atomic E-state index is 0.101. The third-order valence-electron chi connectivity index (χ3n) is 3.51. The van der Waals surface area contributed by atoms with E-state index in [1.54, 1.807) is 13.0 Å². The normalized spacial score (nSPS) is 25.4. The Bertz CT molecular complexity index is 485. The first-order valence-electron chi connectivity index (χ1n) is 6.30. The Kier molecular flexibility index (Phi) is 5.68. The number of hydrogen-bond donors (Lipinski definition) is 0. The van der Waals surface area contributed by atoms with Gasteiger partial charge in [-0.3, -0.25) is 4.79 Å². The van der Waals surface area contributed by atoms with Gasteiger partial charge in [0.1, 0.15) is 10.3 Å². The van der Waals surface area contributed by atoms with Crippen LogP contribution in [0.3, 0.4) is 0 Å². The number of allylic oxidation sites excluding steroid dienone is 2. The number of esters is 1. The van der Waals surface area contributed by atoms with E-state index in [0.717, 1.165) is 0 Å². The van der Waals surface area contributed by atoms with Gasteiger partial charge in [-0.25, -0.2) is 4.39 Å². The van der Waals surface area contributed by atoms with Crippen LogP contribution >= 0.6 is 23.2 Å². The van der Waals surface area contributed by atoms with Crippen LogP contribution in [-0.2, 0) is 9.53 Å². The molecule has 0 bridgehead atoms. The molecule has 0 amide bonds. The minimum Gasteiger partial charge on any atom is -0.441 e. The zero-order valence-electron chi connectivity index (χ0n) is 11.6. The molecule has 0 aliphatic heterocycles. The molecule has 1 aliphatic rings. The van der Waals surface area contributed by atoms with Crippen molar-refractivity contribution >= 4 is 29.2 Å². The average Bonchev–Trinajstić information content (AvgIpc) is 2.86. The fraction of sp³-hybridized carbons (Fsp3) is 0.533.